The van der Waals surface area contributed by atoms with Gasteiger partial charge in [0.05, 0.1) is 5.69 Å². The zero-order valence-electron chi connectivity index (χ0n) is 19.0. The summed E-state index contributed by atoms with van der Waals surface area (Å²) in [6.07, 6.45) is 10.8. The molecular formula is C27H30N4O. The maximum atomic E-state index is 11.9. The lowest BCUT2D eigenvalue weighted by Crippen LogP contribution is -2.55. The Morgan fingerprint density at radius 1 is 1.03 bits per heavy atom. The maximum Gasteiger partial charge on any atom is 0.160 e. The minimum atomic E-state index is 0.143. The summed E-state index contributed by atoms with van der Waals surface area (Å²) >= 11 is 0. The minimum absolute atomic E-state index is 0.143. The molecule has 2 aliphatic rings. The number of anilines is 1. The lowest BCUT2D eigenvalue weighted by molar-refractivity contribution is -0.113. The molecule has 5 nitrogen and oxygen atoms in total. The number of pyridine rings is 1. The molecule has 2 atom stereocenters. The number of nitrogens with zero attached hydrogens (tertiary/aromatic N) is 4. The highest BCUT2D eigenvalue weighted by Crippen LogP contribution is 2.26. The Morgan fingerprint density at radius 3 is 2.62 bits per heavy atom. The van der Waals surface area contributed by atoms with E-state index < -0.39 is 0 Å². The quantitative estimate of drug-likeness (QED) is 0.621. The van der Waals surface area contributed by atoms with Gasteiger partial charge in [0.1, 0.15) is 5.65 Å². The van der Waals surface area contributed by atoms with E-state index in [0.717, 1.165) is 36.4 Å². The highest BCUT2D eigenvalue weighted by atomic mass is 16.1. The van der Waals surface area contributed by atoms with E-state index >= 15 is 0 Å². The van der Waals surface area contributed by atoms with Crippen LogP contribution in [0.5, 0.6) is 0 Å². The van der Waals surface area contributed by atoms with Gasteiger partial charge in [0.15, 0.2) is 5.78 Å². The second-order valence-electron chi connectivity index (χ2n) is 9.17. The Balaban J connectivity index is 1.39. The predicted octanol–water partition coefficient (Wildman–Crippen LogP) is 4.37. The average Bonchev–Trinajstić information content (AvgIpc) is 3.28. The van der Waals surface area contributed by atoms with Crippen molar-refractivity contribution in [3.05, 3.63) is 83.8 Å². The largest absolute Gasteiger partial charge is 0.366 e. The van der Waals surface area contributed by atoms with Crippen LogP contribution in [0.15, 0.2) is 67.0 Å². The molecular weight excluding hydrogens is 396 g/mol. The molecule has 1 aliphatic heterocycles. The summed E-state index contributed by atoms with van der Waals surface area (Å²) in [6.45, 7) is 6.74. The lowest BCUT2D eigenvalue weighted by atomic mass is 10.0. The molecule has 5 rings (SSSR count). The van der Waals surface area contributed by atoms with E-state index in [1.807, 2.05) is 24.5 Å². The molecule has 0 spiro atoms. The average molecular weight is 427 g/mol. The van der Waals surface area contributed by atoms with Crippen molar-refractivity contribution in [1.82, 2.24) is 14.3 Å². The zero-order chi connectivity index (χ0) is 22.2. The molecule has 1 fully saturated rings. The third-order valence-electron chi connectivity index (χ3n) is 6.82. The fraction of sp³-hybridized carbons (Fsp3) is 0.333. The number of piperazine rings is 1. The van der Waals surface area contributed by atoms with Crippen LogP contribution >= 0.6 is 0 Å². The topological polar surface area (TPSA) is 40.9 Å². The number of ketones is 1. The van der Waals surface area contributed by atoms with E-state index in [4.69, 9.17) is 0 Å². The fourth-order valence-corrected chi connectivity index (χ4v) is 4.87. The van der Waals surface area contributed by atoms with Crippen molar-refractivity contribution < 1.29 is 4.79 Å². The van der Waals surface area contributed by atoms with Crippen LogP contribution in [0.1, 0.15) is 37.1 Å². The monoisotopic (exact) mass is 426 g/mol. The molecule has 0 saturated carbocycles. The summed E-state index contributed by atoms with van der Waals surface area (Å²) in [5, 5.41) is 0. The van der Waals surface area contributed by atoms with Crippen molar-refractivity contribution >= 4 is 22.7 Å². The highest BCUT2D eigenvalue weighted by Gasteiger charge is 2.26. The first-order chi connectivity index (χ1) is 15.5. The van der Waals surface area contributed by atoms with Gasteiger partial charge in [-0.25, -0.2) is 4.98 Å². The SMILES string of the molecule is CC1CN(c2ccc(Cc3ccc(C4=CC(=O)CC=C4)n4ccnc34)cc2)C(C)CN1C. The molecule has 0 N–H and O–H groups in total. The van der Waals surface area contributed by atoms with Crippen molar-refractivity contribution in [2.24, 2.45) is 0 Å². The van der Waals surface area contributed by atoms with E-state index in [9.17, 15) is 4.79 Å². The number of hydrogen-bond donors (Lipinski definition) is 0. The summed E-state index contributed by atoms with van der Waals surface area (Å²) in [5.41, 5.74) is 6.63. The molecule has 2 aromatic heterocycles. The van der Waals surface area contributed by atoms with Gasteiger partial charge in [-0.05, 0) is 56.3 Å². The van der Waals surface area contributed by atoms with Crippen molar-refractivity contribution in [2.45, 2.75) is 38.8 Å². The van der Waals surface area contributed by atoms with Crippen molar-refractivity contribution in [2.75, 3.05) is 25.0 Å². The van der Waals surface area contributed by atoms with Crippen LogP contribution in [-0.2, 0) is 11.2 Å². The van der Waals surface area contributed by atoms with Gasteiger partial charge in [0, 0.05) is 61.7 Å². The van der Waals surface area contributed by atoms with Gasteiger partial charge in [-0.2, -0.15) is 0 Å². The first kappa shape index (κ1) is 20.7. The second kappa shape index (κ2) is 8.40. The van der Waals surface area contributed by atoms with Crippen LogP contribution in [-0.4, -0.2) is 52.3 Å². The minimum Gasteiger partial charge on any atom is -0.366 e. The number of carbonyl (C=O) groups excluding carboxylic acids is 1. The first-order valence-electron chi connectivity index (χ1n) is 11.4. The predicted molar refractivity (Wildman–Crippen MR) is 130 cm³/mol. The zero-order valence-corrected chi connectivity index (χ0v) is 19.0. The number of carbonyl (C=O) groups is 1. The molecule has 164 valence electrons. The van der Waals surface area contributed by atoms with E-state index in [2.05, 4.69) is 76.5 Å². The number of allylic oxidation sites excluding steroid dienone is 4. The number of aromatic nitrogens is 2. The van der Waals surface area contributed by atoms with Crippen LogP contribution in [0, 0.1) is 0 Å². The maximum absolute atomic E-state index is 11.9. The fourth-order valence-electron chi connectivity index (χ4n) is 4.87. The number of hydrogen-bond acceptors (Lipinski definition) is 4. The summed E-state index contributed by atoms with van der Waals surface area (Å²) in [6, 6.07) is 14.3. The van der Waals surface area contributed by atoms with E-state index in [-0.39, 0.29) is 5.78 Å². The Bertz CT molecular complexity index is 1200. The van der Waals surface area contributed by atoms with Gasteiger partial charge in [-0.3, -0.25) is 14.1 Å². The smallest absolute Gasteiger partial charge is 0.160 e. The molecule has 3 heterocycles. The summed E-state index contributed by atoms with van der Waals surface area (Å²) < 4.78 is 2.09. The van der Waals surface area contributed by atoms with Crippen LogP contribution in [0.25, 0.3) is 11.2 Å². The number of likely N-dealkylation sites (N-methyl/N-ethyl adjacent to an activating group) is 1. The number of benzene rings is 1. The Labute approximate surface area is 189 Å². The number of imidazole rings is 1. The molecule has 1 saturated heterocycles. The summed E-state index contributed by atoms with van der Waals surface area (Å²) in [4.78, 5) is 21.4. The van der Waals surface area contributed by atoms with Gasteiger partial charge in [-0.1, -0.05) is 30.4 Å². The van der Waals surface area contributed by atoms with Gasteiger partial charge < -0.3 is 4.90 Å². The molecule has 0 radical (unpaired) electrons. The van der Waals surface area contributed by atoms with Gasteiger partial charge >= 0.3 is 0 Å². The molecule has 1 aromatic carbocycles. The normalized spacial score (nSPS) is 21.9. The van der Waals surface area contributed by atoms with Crippen LogP contribution in [0.2, 0.25) is 0 Å². The molecule has 0 bridgehead atoms. The molecule has 3 aromatic rings. The van der Waals surface area contributed by atoms with Crippen molar-refractivity contribution in [1.29, 1.82) is 0 Å². The standard InChI is InChI=1S/C27H30N4O/c1-19-18-31(20(2)17-29(19)3)24-10-7-21(8-11-24)15-23-9-12-26(30-14-13-28-27(23)30)22-5-4-6-25(32)16-22/h4-5,7-14,16,19-20H,6,15,17-18H2,1-3H3. The summed E-state index contributed by atoms with van der Waals surface area (Å²) in [7, 11) is 2.21. The van der Waals surface area contributed by atoms with Crippen LogP contribution < -0.4 is 4.90 Å². The molecule has 2 unspecified atom stereocenters. The molecule has 0 amide bonds. The number of rotatable bonds is 4. The Kier molecular flexibility index (Phi) is 5.43. The van der Waals surface area contributed by atoms with Gasteiger partial charge in [0.25, 0.3) is 0 Å². The Morgan fingerprint density at radius 2 is 1.84 bits per heavy atom. The van der Waals surface area contributed by atoms with Crippen LogP contribution in [0.3, 0.4) is 0 Å². The number of fused-ring (bicyclic) bond motifs is 1. The van der Waals surface area contributed by atoms with Gasteiger partial charge in [0.2, 0.25) is 0 Å². The van der Waals surface area contributed by atoms with Gasteiger partial charge in [-0.15, -0.1) is 0 Å². The lowest BCUT2D eigenvalue weighted by Gasteiger charge is -2.43. The third-order valence-corrected chi connectivity index (χ3v) is 6.82. The molecule has 5 heteroatoms. The molecule has 32 heavy (non-hydrogen) atoms. The second-order valence-corrected chi connectivity index (χ2v) is 9.17. The van der Waals surface area contributed by atoms with Crippen LogP contribution in [0.4, 0.5) is 5.69 Å². The first-order valence-corrected chi connectivity index (χ1v) is 11.4. The van der Waals surface area contributed by atoms with E-state index in [0.29, 0.717) is 18.5 Å². The van der Waals surface area contributed by atoms with Crippen molar-refractivity contribution in [3.8, 4) is 0 Å². The highest BCUT2D eigenvalue weighted by molar-refractivity contribution is 6.01. The van der Waals surface area contributed by atoms with E-state index in [1.54, 1.807) is 6.08 Å². The molecule has 1 aliphatic carbocycles. The summed E-state index contributed by atoms with van der Waals surface area (Å²) in [5.74, 6) is 0.143. The van der Waals surface area contributed by atoms with E-state index in [1.165, 1.54) is 16.8 Å². The third kappa shape index (κ3) is 3.89. The van der Waals surface area contributed by atoms with Crippen molar-refractivity contribution in [3.63, 3.8) is 0 Å². The Hall–Kier alpha value is -3.18.